The zero-order valence-electron chi connectivity index (χ0n) is 11.8. The van der Waals surface area contributed by atoms with Gasteiger partial charge in [-0.2, -0.15) is 0 Å². The lowest BCUT2D eigenvalue weighted by atomic mass is 9.98. The Balaban J connectivity index is 1.59. The number of rotatable bonds is 2. The Bertz CT molecular complexity index is 670. The summed E-state index contributed by atoms with van der Waals surface area (Å²) < 4.78 is 6.94. The molecule has 4 rings (SSSR count). The largest absolute Gasteiger partial charge is 0.493 e. The maximum absolute atomic E-state index is 5.76. The smallest absolute Gasteiger partial charge is 0.124 e. The number of aryl methyl sites for hydroxylation is 1. The van der Waals surface area contributed by atoms with Gasteiger partial charge in [0.05, 0.1) is 6.61 Å². The van der Waals surface area contributed by atoms with Gasteiger partial charge >= 0.3 is 0 Å². The average molecular weight is 344 g/mol. The molecule has 1 aliphatic carbocycles. The van der Waals surface area contributed by atoms with Crippen molar-refractivity contribution in [1.29, 1.82) is 0 Å². The molecule has 2 aliphatic rings. The second-order valence-corrected chi connectivity index (χ2v) is 6.74. The molecule has 1 aliphatic heterocycles. The van der Waals surface area contributed by atoms with Gasteiger partial charge in [-0.05, 0) is 42.2 Å². The molecule has 1 heterocycles. The Morgan fingerprint density at radius 1 is 1.00 bits per heavy atom. The van der Waals surface area contributed by atoms with Crippen LogP contribution in [0.1, 0.15) is 41.6 Å². The lowest BCUT2D eigenvalue weighted by Gasteiger charge is -2.29. The van der Waals surface area contributed by atoms with Gasteiger partial charge in [-0.3, -0.25) is 0 Å². The first-order valence-corrected chi connectivity index (χ1v) is 8.36. The van der Waals surface area contributed by atoms with Crippen molar-refractivity contribution < 1.29 is 4.74 Å². The van der Waals surface area contributed by atoms with E-state index in [1.807, 2.05) is 6.07 Å². The highest BCUT2D eigenvalue weighted by atomic mass is 79.9. The number of benzene rings is 2. The maximum Gasteiger partial charge on any atom is 0.124 e. The minimum absolute atomic E-state index is 0.398. The van der Waals surface area contributed by atoms with E-state index in [0.717, 1.165) is 25.2 Å². The Labute approximate surface area is 133 Å². The van der Waals surface area contributed by atoms with E-state index in [-0.39, 0.29) is 0 Å². The highest BCUT2D eigenvalue weighted by Gasteiger charge is 2.28. The molecule has 0 saturated carbocycles. The third-order valence-corrected chi connectivity index (χ3v) is 5.04. The molecule has 1 N–H and O–H groups in total. The molecule has 2 aromatic rings. The van der Waals surface area contributed by atoms with Crippen LogP contribution in [0.5, 0.6) is 5.75 Å². The SMILES string of the molecule is Brc1ccc2c(c1)CCC2NC1CCOc2ccccc21. The van der Waals surface area contributed by atoms with Crippen LogP contribution in [-0.2, 0) is 6.42 Å². The summed E-state index contributed by atoms with van der Waals surface area (Å²) in [7, 11) is 0. The van der Waals surface area contributed by atoms with Crippen LogP contribution in [0, 0.1) is 0 Å². The molecule has 0 spiro atoms. The van der Waals surface area contributed by atoms with Crippen LogP contribution in [0.15, 0.2) is 46.9 Å². The van der Waals surface area contributed by atoms with Crippen LogP contribution in [0.4, 0.5) is 0 Å². The van der Waals surface area contributed by atoms with E-state index in [9.17, 15) is 0 Å². The van der Waals surface area contributed by atoms with Gasteiger partial charge in [0.1, 0.15) is 5.75 Å². The zero-order chi connectivity index (χ0) is 14.2. The van der Waals surface area contributed by atoms with Crippen molar-refractivity contribution >= 4 is 15.9 Å². The molecule has 0 saturated heterocycles. The van der Waals surface area contributed by atoms with Gasteiger partial charge < -0.3 is 10.1 Å². The van der Waals surface area contributed by atoms with E-state index in [1.165, 1.54) is 27.6 Å². The molecule has 21 heavy (non-hydrogen) atoms. The predicted octanol–water partition coefficient (Wildman–Crippen LogP) is 4.55. The second-order valence-electron chi connectivity index (χ2n) is 5.83. The molecule has 0 fully saturated rings. The molecule has 2 nitrogen and oxygen atoms in total. The van der Waals surface area contributed by atoms with E-state index in [0.29, 0.717) is 12.1 Å². The summed E-state index contributed by atoms with van der Waals surface area (Å²) in [6.07, 6.45) is 3.39. The molecule has 0 bridgehead atoms. The molecule has 2 aromatic carbocycles. The molecular weight excluding hydrogens is 326 g/mol. The minimum atomic E-state index is 0.398. The fourth-order valence-corrected chi connectivity index (χ4v) is 3.93. The lowest BCUT2D eigenvalue weighted by molar-refractivity contribution is 0.244. The quantitative estimate of drug-likeness (QED) is 0.863. The number of fused-ring (bicyclic) bond motifs is 2. The first kappa shape index (κ1) is 13.4. The minimum Gasteiger partial charge on any atom is -0.493 e. The highest BCUT2D eigenvalue weighted by Crippen LogP contribution is 2.38. The average Bonchev–Trinajstić information content (AvgIpc) is 2.90. The van der Waals surface area contributed by atoms with Crippen LogP contribution < -0.4 is 10.1 Å². The van der Waals surface area contributed by atoms with Gasteiger partial charge in [-0.1, -0.05) is 40.2 Å². The van der Waals surface area contributed by atoms with Crippen LogP contribution in [0.25, 0.3) is 0 Å². The lowest BCUT2D eigenvalue weighted by Crippen LogP contribution is -2.29. The van der Waals surface area contributed by atoms with Crippen molar-refractivity contribution in [2.45, 2.75) is 31.3 Å². The highest BCUT2D eigenvalue weighted by molar-refractivity contribution is 9.10. The van der Waals surface area contributed by atoms with Gasteiger partial charge in [0.2, 0.25) is 0 Å². The van der Waals surface area contributed by atoms with E-state index in [4.69, 9.17) is 4.74 Å². The summed E-state index contributed by atoms with van der Waals surface area (Å²) in [6, 6.07) is 15.9. The predicted molar refractivity (Wildman–Crippen MR) is 87.6 cm³/mol. The van der Waals surface area contributed by atoms with Crippen molar-refractivity contribution in [3.05, 3.63) is 63.6 Å². The van der Waals surface area contributed by atoms with Gasteiger partial charge in [0, 0.05) is 28.5 Å². The molecule has 2 atom stereocenters. The molecule has 108 valence electrons. The molecule has 0 aromatic heterocycles. The molecule has 0 amide bonds. The third-order valence-electron chi connectivity index (χ3n) is 4.54. The number of para-hydroxylation sites is 1. The summed E-state index contributed by atoms with van der Waals surface area (Å²) in [4.78, 5) is 0. The number of ether oxygens (including phenoxy) is 1. The maximum atomic E-state index is 5.76. The van der Waals surface area contributed by atoms with Gasteiger partial charge in [-0.15, -0.1) is 0 Å². The monoisotopic (exact) mass is 343 g/mol. The van der Waals surface area contributed by atoms with Gasteiger partial charge in [0.15, 0.2) is 0 Å². The molecule has 3 heteroatoms. The number of nitrogens with one attached hydrogen (secondary N) is 1. The zero-order valence-corrected chi connectivity index (χ0v) is 13.4. The van der Waals surface area contributed by atoms with Crippen molar-refractivity contribution in [3.8, 4) is 5.75 Å². The van der Waals surface area contributed by atoms with Crippen molar-refractivity contribution in [3.63, 3.8) is 0 Å². The van der Waals surface area contributed by atoms with Crippen molar-refractivity contribution in [1.82, 2.24) is 5.32 Å². The standard InChI is InChI=1S/C18H18BrNO/c19-13-6-7-14-12(11-13)5-8-16(14)20-17-9-10-21-18-4-2-1-3-15(17)18/h1-4,6-7,11,16-17,20H,5,8-10H2. The molecule has 2 unspecified atom stereocenters. The van der Waals surface area contributed by atoms with Crippen LogP contribution in [0.2, 0.25) is 0 Å². The summed E-state index contributed by atoms with van der Waals surface area (Å²) >= 11 is 3.57. The first-order chi connectivity index (χ1) is 10.3. The van der Waals surface area contributed by atoms with E-state index in [2.05, 4.69) is 57.6 Å². The third kappa shape index (κ3) is 2.49. The van der Waals surface area contributed by atoms with Crippen LogP contribution in [-0.4, -0.2) is 6.61 Å². The summed E-state index contributed by atoms with van der Waals surface area (Å²) in [5.41, 5.74) is 4.23. The fraction of sp³-hybridized carbons (Fsp3) is 0.333. The number of hydrogen-bond acceptors (Lipinski definition) is 2. The Kier molecular flexibility index (Phi) is 3.48. The second kappa shape index (κ2) is 5.47. The Morgan fingerprint density at radius 3 is 2.81 bits per heavy atom. The van der Waals surface area contributed by atoms with Gasteiger partial charge in [-0.25, -0.2) is 0 Å². The summed E-state index contributed by atoms with van der Waals surface area (Å²) in [5.74, 6) is 1.04. The van der Waals surface area contributed by atoms with Crippen LogP contribution >= 0.6 is 15.9 Å². The molecular formula is C18H18BrNO. The Hall–Kier alpha value is -1.32. The fourth-order valence-electron chi connectivity index (χ4n) is 3.52. The van der Waals surface area contributed by atoms with Gasteiger partial charge in [0.25, 0.3) is 0 Å². The van der Waals surface area contributed by atoms with E-state index < -0.39 is 0 Å². The Morgan fingerprint density at radius 2 is 1.86 bits per heavy atom. The topological polar surface area (TPSA) is 21.3 Å². The number of hydrogen-bond donors (Lipinski definition) is 1. The van der Waals surface area contributed by atoms with Crippen molar-refractivity contribution in [2.24, 2.45) is 0 Å². The van der Waals surface area contributed by atoms with E-state index >= 15 is 0 Å². The van der Waals surface area contributed by atoms with Crippen molar-refractivity contribution in [2.75, 3.05) is 6.61 Å². The number of halogens is 1. The first-order valence-electron chi connectivity index (χ1n) is 7.57. The molecule has 0 radical (unpaired) electrons. The summed E-state index contributed by atoms with van der Waals surface area (Å²) in [5, 5.41) is 3.85. The normalized spacial score (nSPS) is 23.3. The summed E-state index contributed by atoms with van der Waals surface area (Å²) in [6.45, 7) is 0.800. The van der Waals surface area contributed by atoms with Crippen LogP contribution in [0.3, 0.4) is 0 Å². The van der Waals surface area contributed by atoms with E-state index in [1.54, 1.807) is 0 Å².